The van der Waals surface area contributed by atoms with Crippen molar-refractivity contribution in [3.05, 3.63) is 5.56 Å². The van der Waals surface area contributed by atoms with Gasteiger partial charge in [-0.1, -0.05) is 0 Å². The minimum Gasteiger partial charge on any atom is -0.365 e. The summed E-state index contributed by atoms with van der Waals surface area (Å²) in [5.74, 6) is -4.70. The molecule has 0 unspecified atom stereocenters. The number of primary amides is 1. The zero-order chi connectivity index (χ0) is 16.5. The Balaban J connectivity index is 2.22. The van der Waals surface area contributed by atoms with Crippen molar-refractivity contribution in [2.45, 2.75) is 36.6 Å². The summed E-state index contributed by atoms with van der Waals surface area (Å²) in [6.45, 7) is 0. The second-order valence-corrected chi connectivity index (χ2v) is 6.15. The maximum atomic E-state index is 13.4. The van der Waals surface area contributed by atoms with Crippen LogP contribution in [-0.2, 0) is 11.8 Å². The minimum atomic E-state index is -2.82. The van der Waals surface area contributed by atoms with E-state index in [4.69, 9.17) is 5.73 Å². The third kappa shape index (κ3) is 3.40. The number of rotatable bonds is 4. The molecule has 1 aromatic rings. The number of amides is 2. The van der Waals surface area contributed by atoms with E-state index in [-0.39, 0.29) is 17.8 Å². The van der Waals surface area contributed by atoms with Crippen LogP contribution in [0.3, 0.4) is 0 Å². The Hall–Kier alpha value is -1.64. The molecule has 1 heterocycles. The van der Waals surface area contributed by atoms with E-state index in [0.29, 0.717) is 17.9 Å². The first kappa shape index (κ1) is 16.7. The average molecular weight is 332 g/mol. The van der Waals surface area contributed by atoms with Gasteiger partial charge in [0.25, 0.3) is 5.91 Å². The maximum absolute atomic E-state index is 13.4. The zero-order valence-electron chi connectivity index (χ0n) is 12.4. The predicted molar refractivity (Wildman–Crippen MR) is 79.0 cm³/mol. The van der Waals surface area contributed by atoms with Crippen molar-refractivity contribution >= 4 is 29.4 Å². The van der Waals surface area contributed by atoms with Gasteiger partial charge >= 0.3 is 0 Å². The van der Waals surface area contributed by atoms with E-state index in [1.807, 2.05) is 0 Å². The van der Waals surface area contributed by atoms with Crippen molar-refractivity contribution < 1.29 is 18.4 Å². The molecule has 1 saturated carbocycles. The van der Waals surface area contributed by atoms with Crippen LogP contribution in [-0.4, -0.2) is 33.8 Å². The summed E-state index contributed by atoms with van der Waals surface area (Å²) < 4.78 is 28.2. The molecule has 22 heavy (non-hydrogen) atoms. The van der Waals surface area contributed by atoms with Crippen LogP contribution in [0.25, 0.3) is 0 Å². The molecule has 0 bridgehead atoms. The monoisotopic (exact) mass is 332 g/mol. The Labute approximate surface area is 130 Å². The summed E-state index contributed by atoms with van der Waals surface area (Å²) in [7, 11) is 1.55. The Kier molecular flexibility index (Phi) is 4.74. The number of alkyl halides is 2. The van der Waals surface area contributed by atoms with Crippen molar-refractivity contribution in [2.75, 3.05) is 11.6 Å². The van der Waals surface area contributed by atoms with Gasteiger partial charge in [-0.25, -0.2) is 8.78 Å². The second kappa shape index (κ2) is 6.23. The summed E-state index contributed by atoms with van der Waals surface area (Å²) >= 11 is 1.22. The lowest BCUT2D eigenvalue weighted by Gasteiger charge is -2.28. The van der Waals surface area contributed by atoms with Crippen molar-refractivity contribution in [1.29, 1.82) is 0 Å². The summed E-state index contributed by atoms with van der Waals surface area (Å²) in [5.41, 5.74) is 5.43. The third-order valence-electron chi connectivity index (χ3n) is 3.71. The van der Waals surface area contributed by atoms with Gasteiger partial charge in [0.1, 0.15) is 16.4 Å². The first-order valence-corrected chi connectivity index (χ1v) is 8.07. The Morgan fingerprint density at radius 2 is 2.18 bits per heavy atom. The Bertz CT molecular complexity index is 603. The number of nitrogens with one attached hydrogen (secondary N) is 1. The van der Waals surface area contributed by atoms with Crippen LogP contribution in [0, 0.1) is 5.92 Å². The third-order valence-corrected chi connectivity index (χ3v) is 4.38. The van der Waals surface area contributed by atoms with E-state index in [9.17, 15) is 18.4 Å². The lowest BCUT2D eigenvalue weighted by molar-refractivity contribution is -0.127. The number of halogens is 2. The fourth-order valence-electron chi connectivity index (χ4n) is 2.62. The van der Waals surface area contributed by atoms with Gasteiger partial charge in [0.2, 0.25) is 11.8 Å². The smallest absolute Gasteiger partial charge is 0.255 e. The number of anilines is 1. The van der Waals surface area contributed by atoms with Gasteiger partial charge in [-0.05, 0) is 19.1 Å². The van der Waals surface area contributed by atoms with E-state index >= 15 is 0 Å². The Morgan fingerprint density at radius 1 is 1.50 bits per heavy atom. The molecule has 1 aromatic heterocycles. The van der Waals surface area contributed by atoms with Crippen LogP contribution < -0.4 is 11.1 Å². The molecule has 122 valence electrons. The average Bonchev–Trinajstić information content (AvgIpc) is 2.74. The van der Waals surface area contributed by atoms with Crippen LogP contribution in [0.5, 0.6) is 0 Å². The van der Waals surface area contributed by atoms with Gasteiger partial charge < -0.3 is 11.1 Å². The molecule has 1 aliphatic rings. The fraction of sp³-hybridized carbons (Fsp3) is 0.615. The molecule has 2 amide bonds. The van der Waals surface area contributed by atoms with Crippen LogP contribution in [0.2, 0.25) is 0 Å². The predicted octanol–water partition coefficient (Wildman–Crippen LogP) is 2.00. The number of nitrogens with two attached hydrogens (primary N) is 1. The standard InChI is InChI=1S/C13H18F2N4O2S/c1-19-10(8(9(16)20)12(18-19)22-2)17-11(21)7-4-3-5-13(14,15)6-7/h7H,3-6H2,1-2H3,(H2,16,20)(H,17,21)/t7-/m1/s1. The topological polar surface area (TPSA) is 90.0 Å². The molecule has 1 atom stereocenters. The molecule has 1 aliphatic carbocycles. The van der Waals surface area contributed by atoms with Crippen LogP contribution >= 0.6 is 11.8 Å². The number of aromatic nitrogens is 2. The molecule has 0 spiro atoms. The van der Waals surface area contributed by atoms with Crippen molar-refractivity contribution in [1.82, 2.24) is 9.78 Å². The van der Waals surface area contributed by atoms with Crippen molar-refractivity contribution in [2.24, 2.45) is 18.7 Å². The molecule has 1 fully saturated rings. The van der Waals surface area contributed by atoms with E-state index < -0.39 is 30.1 Å². The van der Waals surface area contributed by atoms with E-state index in [2.05, 4.69) is 10.4 Å². The molecule has 9 heteroatoms. The van der Waals surface area contributed by atoms with E-state index in [0.717, 1.165) is 0 Å². The number of thioether (sulfide) groups is 1. The fourth-order valence-corrected chi connectivity index (χ4v) is 3.23. The van der Waals surface area contributed by atoms with Crippen LogP contribution in [0.4, 0.5) is 14.6 Å². The summed E-state index contributed by atoms with van der Waals surface area (Å²) in [6, 6.07) is 0. The molecule has 0 aromatic carbocycles. The number of carbonyl (C=O) groups excluding carboxylic acids is 2. The molecule has 0 radical (unpaired) electrons. The highest BCUT2D eigenvalue weighted by atomic mass is 32.2. The van der Waals surface area contributed by atoms with Gasteiger partial charge in [0.15, 0.2) is 0 Å². The zero-order valence-corrected chi connectivity index (χ0v) is 13.2. The molecule has 3 N–H and O–H groups in total. The molecular formula is C13H18F2N4O2S. The van der Waals surface area contributed by atoms with Gasteiger partial charge in [-0.15, -0.1) is 11.8 Å². The number of carbonyl (C=O) groups is 2. The van der Waals surface area contributed by atoms with Crippen LogP contribution in [0.1, 0.15) is 36.0 Å². The quantitative estimate of drug-likeness (QED) is 0.825. The lowest BCUT2D eigenvalue weighted by Crippen LogP contribution is -2.34. The van der Waals surface area contributed by atoms with Gasteiger partial charge in [0.05, 0.1) is 0 Å². The van der Waals surface area contributed by atoms with Crippen molar-refractivity contribution in [3.8, 4) is 0 Å². The first-order valence-electron chi connectivity index (χ1n) is 6.84. The van der Waals surface area contributed by atoms with Crippen molar-refractivity contribution in [3.63, 3.8) is 0 Å². The number of hydrogen-bond acceptors (Lipinski definition) is 4. The molecule has 6 nitrogen and oxygen atoms in total. The number of nitrogens with zero attached hydrogens (tertiary/aromatic N) is 2. The van der Waals surface area contributed by atoms with Crippen LogP contribution in [0.15, 0.2) is 5.03 Å². The van der Waals surface area contributed by atoms with E-state index in [1.54, 1.807) is 13.3 Å². The maximum Gasteiger partial charge on any atom is 0.255 e. The largest absolute Gasteiger partial charge is 0.365 e. The SMILES string of the molecule is CSc1nn(C)c(NC(=O)[C@@H]2CCCC(F)(F)C2)c1C(N)=O. The number of hydrogen-bond donors (Lipinski definition) is 2. The molecule has 0 aliphatic heterocycles. The minimum absolute atomic E-state index is 0.103. The van der Waals surface area contributed by atoms with Gasteiger partial charge in [0, 0.05) is 25.8 Å². The first-order chi connectivity index (χ1) is 10.2. The highest BCUT2D eigenvalue weighted by Crippen LogP contribution is 2.37. The second-order valence-electron chi connectivity index (χ2n) is 5.36. The van der Waals surface area contributed by atoms with E-state index in [1.165, 1.54) is 16.4 Å². The highest BCUT2D eigenvalue weighted by molar-refractivity contribution is 7.98. The molecular weight excluding hydrogens is 314 g/mol. The summed E-state index contributed by atoms with van der Waals surface area (Å²) in [4.78, 5) is 23.8. The van der Waals surface area contributed by atoms with Gasteiger partial charge in [-0.2, -0.15) is 5.10 Å². The normalized spacial score (nSPS) is 20.6. The lowest BCUT2D eigenvalue weighted by atomic mass is 9.86. The Morgan fingerprint density at radius 3 is 2.73 bits per heavy atom. The number of aryl methyl sites for hydroxylation is 1. The summed E-state index contributed by atoms with van der Waals surface area (Å²) in [6.07, 6.45) is 1.77. The molecule has 2 rings (SSSR count). The summed E-state index contributed by atoms with van der Waals surface area (Å²) in [5, 5.41) is 7.02. The highest BCUT2D eigenvalue weighted by Gasteiger charge is 2.39. The van der Waals surface area contributed by atoms with Gasteiger partial charge in [-0.3, -0.25) is 14.3 Å². The molecule has 0 saturated heterocycles.